The van der Waals surface area contributed by atoms with Crippen LogP contribution in [-0.2, 0) is 5.41 Å². The van der Waals surface area contributed by atoms with Crippen molar-refractivity contribution < 1.29 is 10.2 Å². The van der Waals surface area contributed by atoms with Gasteiger partial charge in [-0.2, -0.15) is 0 Å². The smallest absolute Gasteiger partial charge is 0.115 e. The van der Waals surface area contributed by atoms with Gasteiger partial charge >= 0.3 is 0 Å². The summed E-state index contributed by atoms with van der Waals surface area (Å²) in [5.41, 5.74) is 3.64. The van der Waals surface area contributed by atoms with E-state index in [2.05, 4.69) is 40.2 Å². The Bertz CT molecular complexity index is 1030. The zero-order valence-electron chi connectivity index (χ0n) is 15.1. The Morgan fingerprint density at radius 2 is 0.964 bits per heavy atom. The summed E-state index contributed by atoms with van der Waals surface area (Å²) in [6.45, 7) is 0. The van der Waals surface area contributed by atoms with Crippen LogP contribution in [0.1, 0.15) is 22.3 Å². The van der Waals surface area contributed by atoms with Crippen LogP contribution in [-0.4, -0.2) is 10.2 Å². The fraction of sp³-hybridized carbons (Fsp3) is 0.0400. The molecular weight excluding hydrogens is 412 g/mol. The highest BCUT2D eigenvalue weighted by atomic mass is 79.9. The summed E-state index contributed by atoms with van der Waals surface area (Å²) in [4.78, 5) is 0. The molecule has 3 heteroatoms. The van der Waals surface area contributed by atoms with E-state index in [-0.39, 0.29) is 11.5 Å². The molecule has 0 fully saturated rings. The Balaban J connectivity index is 2.13. The number of halogens is 1. The molecule has 0 saturated heterocycles. The molecule has 28 heavy (non-hydrogen) atoms. The van der Waals surface area contributed by atoms with Gasteiger partial charge in [0.15, 0.2) is 0 Å². The highest BCUT2D eigenvalue weighted by Gasteiger charge is 2.38. The van der Waals surface area contributed by atoms with Gasteiger partial charge in [0, 0.05) is 4.47 Å². The van der Waals surface area contributed by atoms with Crippen LogP contribution in [0, 0.1) is 0 Å². The van der Waals surface area contributed by atoms with E-state index in [0.717, 1.165) is 26.7 Å². The normalized spacial score (nSPS) is 11.3. The average Bonchev–Trinajstić information content (AvgIpc) is 2.72. The third-order valence-electron chi connectivity index (χ3n) is 5.07. The van der Waals surface area contributed by atoms with Crippen LogP contribution >= 0.6 is 15.9 Å². The van der Waals surface area contributed by atoms with Crippen LogP contribution in [0.15, 0.2) is 108 Å². The van der Waals surface area contributed by atoms with Gasteiger partial charge in [0.05, 0.1) is 5.41 Å². The first kappa shape index (κ1) is 18.3. The SMILES string of the molecule is Oc1ccc(C(c2ccccc2)(c2ccc(O)cc2)c2cccc(Br)c2)cc1. The molecule has 0 spiro atoms. The zero-order chi connectivity index (χ0) is 19.6. The van der Waals surface area contributed by atoms with Gasteiger partial charge < -0.3 is 10.2 Å². The van der Waals surface area contributed by atoms with E-state index in [1.165, 1.54) is 0 Å². The van der Waals surface area contributed by atoms with Crippen LogP contribution in [0.25, 0.3) is 0 Å². The van der Waals surface area contributed by atoms with Crippen molar-refractivity contribution in [3.8, 4) is 11.5 Å². The second kappa shape index (κ2) is 7.53. The second-order valence-corrected chi connectivity index (χ2v) is 7.64. The number of phenols is 2. The fourth-order valence-corrected chi connectivity index (χ4v) is 4.23. The van der Waals surface area contributed by atoms with Crippen LogP contribution in [0.5, 0.6) is 11.5 Å². The summed E-state index contributed by atoms with van der Waals surface area (Å²) >= 11 is 3.62. The van der Waals surface area contributed by atoms with Gasteiger partial charge in [-0.05, 0) is 58.7 Å². The summed E-state index contributed by atoms with van der Waals surface area (Å²) in [6, 6.07) is 33.2. The molecule has 0 unspecified atom stereocenters. The Morgan fingerprint density at radius 3 is 1.46 bits per heavy atom. The van der Waals surface area contributed by atoms with Crippen molar-refractivity contribution in [3.05, 3.63) is 130 Å². The van der Waals surface area contributed by atoms with Crippen molar-refractivity contribution in [2.24, 2.45) is 0 Å². The maximum absolute atomic E-state index is 9.87. The maximum Gasteiger partial charge on any atom is 0.115 e. The third kappa shape index (κ3) is 3.19. The van der Waals surface area contributed by atoms with Gasteiger partial charge in [-0.3, -0.25) is 0 Å². The molecule has 0 aliphatic heterocycles. The van der Waals surface area contributed by atoms with E-state index in [4.69, 9.17) is 0 Å². The lowest BCUT2D eigenvalue weighted by Gasteiger charge is -2.37. The van der Waals surface area contributed by atoms with E-state index in [9.17, 15) is 10.2 Å². The lowest BCUT2D eigenvalue weighted by atomic mass is 9.65. The Labute approximate surface area is 172 Å². The minimum absolute atomic E-state index is 0.227. The summed E-state index contributed by atoms with van der Waals surface area (Å²) in [5.74, 6) is 0.455. The second-order valence-electron chi connectivity index (χ2n) is 6.72. The van der Waals surface area contributed by atoms with Crippen LogP contribution in [0.4, 0.5) is 0 Å². The standard InChI is InChI=1S/C25H19BrO2/c26-22-8-4-7-21(17-22)25(18-5-2-1-3-6-18,19-9-13-23(27)14-10-19)20-11-15-24(28)16-12-20/h1-17,27-28H. The quantitative estimate of drug-likeness (QED) is 0.376. The number of hydrogen-bond acceptors (Lipinski definition) is 2. The maximum atomic E-state index is 9.87. The van der Waals surface area contributed by atoms with Gasteiger partial charge in [-0.1, -0.05) is 82.7 Å². The van der Waals surface area contributed by atoms with E-state index < -0.39 is 5.41 Å². The first-order valence-corrected chi connectivity index (χ1v) is 9.80. The van der Waals surface area contributed by atoms with Crippen LogP contribution in [0.2, 0.25) is 0 Å². The zero-order valence-corrected chi connectivity index (χ0v) is 16.7. The molecule has 0 saturated carbocycles. The highest BCUT2D eigenvalue weighted by molar-refractivity contribution is 9.10. The van der Waals surface area contributed by atoms with Gasteiger partial charge in [-0.15, -0.1) is 0 Å². The highest BCUT2D eigenvalue weighted by Crippen LogP contribution is 2.46. The van der Waals surface area contributed by atoms with Crippen LogP contribution in [0.3, 0.4) is 0 Å². The average molecular weight is 431 g/mol. The molecule has 0 bridgehead atoms. The molecule has 0 amide bonds. The molecule has 4 rings (SSSR count). The summed E-state index contributed by atoms with van der Waals surface area (Å²) in [7, 11) is 0. The summed E-state index contributed by atoms with van der Waals surface area (Å²) < 4.78 is 0.989. The molecule has 0 aliphatic rings. The summed E-state index contributed by atoms with van der Waals surface area (Å²) in [5, 5.41) is 19.7. The molecule has 2 N–H and O–H groups in total. The molecule has 4 aromatic carbocycles. The number of hydrogen-bond donors (Lipinski definition) is 2. The fourth-order valence-electron chi connectivity index (χ4n) is 3.83. The number of rotatable bonds is 4. The van der Waals surface area contributed by atoms with Crippen molar-refractivity contribution in [2.75, 3.05) is 0 Å². The Hall–Kier alpha value is -3.04. The van der Waals surface area contributed by atoms with Crippen molar-refractivity contribution in [1.82, 2.24) is 0 Å². The van der Waals surface area contributed by atoms with Gasteiger partial charge in [0.2, 0.25) is 0 Å². The molecular formula is C25H19BrO2. The van der Waals surface area contributed by atoms with Crippen molar-refractivity contribution >= 4 is 15.9 Å². The van der Waals surface area contributed by atoms with Crippen molar-refractivity contribution in [1.29, 1.82) is 0 Å². The van der Waals surface area contributed by atoms with Gasteiger partial charge in [0.25, 0.3) is 0 Å². The van der Waals surface area contributed by atoms with E-state index in [1.807, 2.05) is 54.6 Å². The Kier molecular flexibility index (Phi) is 4.93. The van der Waals surface area contributed by atoms with Crippen molar-refractivity contribution in [3.63, 3.8) is 0 Å². The molecule has 0 aliphatic carbocycles. The monoisotopic (exact) mass is 430 g/mol. The lowest BCUT2D eigenvalue weighted by Crippen LogP contribution is -2.30. The summed E-state index contributed by atoms with van der Waals surface area (Å²) in [6.07, 6.45) is 0. The molecule has 138 valence electrons. The first-order valence-electron chi connectivity index (χ1n) is 9.01. The third-order valence-corrected chi connectivity index (χ3v) is 5.56. The van der Waals surface area contributed by atoms with E-state index >= 15 is 0 Å². The number of phenolic OH excluding ortho intramolecular Hbond substituents is 2. The van der Waals surface area contributed by atoms with Crippen molar-refractivity contribution in [2.45, 2.75) is 5.41 Å². The minimum Gasteiger partial charge on any atom is -0.508 e. The molecule has 0 aromatic heterocycles. The largest absolute Gasteiger partial charge is 0.508 e. The van der Waals surface area contributed by atoms with Gasteiger partial charge in [-0.25, -0.2) is 0 Å². The predicted octanol–water partition coefficient (Wildman–Crippen LogP) is 6.24. The van der Waals surface area contributed by atoms with Crippen LogP contribution < -0.4 is 0 Å². The molecule has 2 nitrogen and oxygen atoms in total. The topological polar surface area (TPSA) is 40.5 Å². The first-order chi connectivity index (χ1) is 13.6. The number of benzene rings is 4. The predicted molar refractivity (Wildman–Crippen MR) is 116 cm³/mol. The lowest BCUT2D eigenvalue weighted by molar-refractivity contribution is 0.474. The molecule has 4 aromatic rings. The van der Waals surface area contributed by atoms with E-state index in [0.29, 0.717) is 0 Å². The minimum atomic E-state index is -0.605. The molecule has 0 heterocycles. The van der Waals surface area contributed by atoms with Gasteiger partial charge in [0.1, 0.15) is 11.5 Å². The van der Waals surface area contributed by atoms with E-state index in [1.54, 1.807) is 24.3 Å². The Morgan fingerprint density at radius 1 is 0.500 bits per heavy atom. The number of aromatic hydroxyl groups is 2. The molecule has 0 radical (unpaired) electrons. The molecule has 0 atom stereocenters.